The van der Waals surface area contributed by atoms with Crippen molar-refractivity contribution >= 4 is 21.8 Å². The average Bonchev–Trinajstić information content (AvgIpc) is 2.45. The summed E-state index contributed by atoms with van der Waals surface area (Å²) >= 11 is 0. The molecule has 1 aromatic rings. The van der Waals surface area contributed by atoms with Gasteiger partial charge in [0.05, 0.1) is 5.69 Å². The molecule has 0 fully saturated rings. The third-order valence-electron chi connectivity index (χ3n) is 2.78. The molecule has 1 aromatic carbocycles. The summed E-state index contributed by atoms with van der Waals surface area (Å²) in [7, 11) is -2.14. The molecular weight excluding hydrogens is 318 g/mol. The lowest BCUT2D eigenvalue weighted by atomic mass is 10.2. The van der Waals surface area contributed by atoms with Gasteiger partial charge < -0.3 is 15.4 Å². The second-order valence-corrected chi connectivity index (χ2v) is 7.77. The molecule has 0 aliphatic carbocycles. The second-order valence-electron chi connectivity index (χ2n) is 5.91. The number of hydrogen-bond donors (Lipinski definition) is 3. The van der Waals surface area contributed by atoms with Gasteiger partial charge in [0.25, 0.3) is 0 Å². The van der Waals surface area contributed by atoms with Crippen LogP contribution in [0.1, 0.15) is 27.2 Å². The fourth-order valence-corrected chi connectivity index (χ4v) is 2.68. The molecule has 130 valence electrons. The maximum Gasteiger partial charge on any atom is 0.407 e. The first-order chi connectivity index (χ1) is 10.7. The SMILES string of the molecule is CNS(=O)(=O)c1ccccc1NCCCNC(=O)OC(C)(C)C. The van der Waals surface area contributed by atoms with Crippen molar-refractivity contribution < 1.29 is 17.9 Å². The lowest BCUT2D eigenvalue weighted by molar-refractivity contribution is 0.0528. The second kappa shape index (κ2) is 8.16. The molecule has 1 amide bonds. The van der Waals surface area contributed by atoms with E-state index in [9.17, 15) is 13.2 Å². The third-order valence-corrected chi connectivity index (χ3v) is 4.26. The van der Waals surface area contributed by atoms with Crippen molar-refractivity contribution in [2.45, 2.75) is 37.7 Å². The zero-order valence-corrected chi connectivity index (χ0v) is 14.8. The molecule has 0 saturated carbocycles. The molecule has 0 aliphatic heterocycles. The Hall–Kier alpha value is -1.80. The lowest BCUT2D eigenvalue weighted by Crippen LogP contribution is -2.33. The molecular formula is C15H25N3O4S. The minimum absolute atomic E-state index is 0.197. The summed E-state index contributed by atoms with van der Waals surface area (Å²) in [6.45, 7) is 6.35. The summed E-state index contributed by atoms with van der Waals surface area (Å²) in [5.41, 5.74) is 0.00195. The number of amides is 1. The van der Waals surface area contributed by atoms with E-state index in [2.05, 4.69) is 15.4 Å². The number of para-hydroxylation sites is 1. The molecule has 0 unspecified atom stereocenters. The number of sulfonamides is 1. The molecule has 23 heavy (non-hydrogen) atoms. The number of carbonyl (C=O) groups is 1. The van der Waals surface area contributed by atoms with Crippen LogP contribution in [0.4, 0.5) is 10.5 Å². The molecule has 0 heterocycles. The maximum absolute atomic E-state index is 11.9. The van der Waals surface area contributed by atoms with E-state index in [0.29, 0.717) is 25.2 Å². The first-order valence-corrected chi connectivity index (χ1v) is 8.87. The van der Waals surface area contributed by atoms with Gasteiger partial charge in [-0.3, -0.25) is 0 Å². The van der Waals surface area contributed by atoms with Crippen LogP contribution in [0.25, 0.3) is 0 Å². The molecule has 0 radical (unpaired) electrons. The van der Waals surface area contributed by atoms with E-state index >= 15 is 0 Å². The monoisotopic (exact) mass is 343 g/mol. The Balaban J connectivity index is 2.45. The van der Waals surface area contributed by atoms with Gasteiger partial charge in [-0.15, -0.1) is 0 Å². The molecule has 0 aromatic heterocycles. The number of ether oxygens (including phenoxy) is 1. The van der Waals surface area contributed by atoms with Crippen LogP contribution in [0.5, 0.6) is 0 Å². The van der Waals surface area contributed by atoms with Gasteiger partial charge in [0.2, 0.25) is 10.0 Å². The fourth-order valence-electron chi connectivity index (χ4n) is 1.77. The summed E-state index contributed by atoms with van der Waals surface area (Å²) in [5.74, 6) is 0. The van der Waals surface area contributed by atoms with E-state index in [1.54, 1.807) is 39.0 Å². The van der Waals surface area contributed by atoms with Crippen LogP contribution in [0.3, 0.4) is 0 Å². The zero-order valence-electron chi connectivity index (χ0n) is 14.0. The highest BCUT2D eigenvalue weighted by Crippen LogP contribution is 2.20. The van der Waals surface area contributed by atoms with E-state index in [4.69, 9.17) is 4.74 Å². The first kappa shape index (κ1) is 19.2. The van der Waals surface area contributed by atoms with Gasteiger partial charge in [0.1, 0.15) is 10.5 Å². The van der Waals surface area contributed by atoms with Crippen LogP contribution in [0, 0.1) is 0 Å². The zero-order chi connectivity index (χ0) is 17.5. The Bertz CT molecular complexity index is 624. The Morgan fingerprint density at radius 2 is 1.83 bits per heavy atom. The quantitative estimate of drug-likeness (QED) is 0.657. The fraction of sp³-hybridized carbons (Fsp3) is 0.533. The molecule has 0 spiro atoms. The molecule has 0 atom stereocenters. The lowest BCUT2D eigenvalue weighted by Gasteiger charge is -2.19. The van der Waals surface area contributed by atoms with E-state index in [-0.39, 0.29) is 4.90 Å². The molecule has 8 heteroatoms. The van der Waals surface area contributed by atoms with E-state index in [1.807, 2.05) is 0 Å². The third kappa shape index (κ3) is 6.87. The first-order valence-electron chi connectivity index (χ1n) is 7.39. The maximum atomic E-state index is 11.9. The molecule has 3 N–H and O–H groups in total. The van der Waals surface area contributed by atoms with Crippen LogP contribution >= 0.6 is 0 Å². The van der Waals surface area contributed by atoms with E-state index in [0.717, 1.165) is 0 Å². The number of hydrogen-bond acceptors (Lipinski definition) is 5. The van der Waals surface area contributed by atoms with Gasteiger partial charge in [-0.05, 0) is 46.4 Å². The van der Waals surface area contributed by atoms with Gasteiger partial charge >= 0.3 is 6.09 Å². The van der Waals surface area contributed by atoms with Crippen molar-refractivity contribution in [1.82, 2.24) is 10.0 Å². The predicted octanol–water partition coefficient (Wildman–Crippen LogP) is 1.92. The van der Waals surface area contributed by atoms with Crippen LogP contribution in [0.2, 0.25) is 0 Å². The summed E-state index contributed by atoms with van der Waals surface area (Å²) in [5, 5.41) is 5.71. The van der Waals surface area contributed by atoms with Crippen LogP contribution in [-0.2, 0) is 14.8 Å². The van der Waals surface area contributed by atoms with Crippen LogP contribution in [-0.4, -0.2) is 40.2 Å². The van der Waals surface area contributed by atoms with Gasteiger partial charge in [-0.2, -0.15) is 0 Å². The molecule has 1 rings (SSSR count). The van der Waals surface area contributed by atoms with Gasteiger partial charge in [-0.1, -0.05) is 12.1 Å². The van der Waals surface area contributed by atoms with Crippen molar-refractivity contribution in [3.8, 4) is 0 Å². The largest absolute Gasteiger partial charge is 0.444 e. The predicted molar refractivity (Wildman–Crippen MR) is 90.0 cm³/mol. The highest BCUT2D eigenvalue weighted by molar-refractivity contribution is 7.89. The Morgan fingerprint density at radius 1 is 1.17 bits per heavy atom. The average molecular weight is 343 g/mol. The van der Waals surface area contributed by atoms with Crippen molar-refractivity contribution in [3.05, 3.63) is 24.3 Å². The van der Waals surface area contributed by atoms with E-state index < -0.39 is 21.7 Å². The summed E-state index contributed by atoms with van der Waals surface area (Å²) in [6.07, 6.45) is 0.170. The summed E-state index contributed by atoms with van der Waals surface area (Å²) in [4.78, 5) is 11.7. The number of alkyl carbamates (subject to hydrolysis) is 1. The van der Waals surface area contributed by atoms with E-state index in [1.165, 1.54) is 13.1 Å². The normalized spacial score (nSPS) is 11.8. The Kier molecular flexibility index (Phi) is 6.83. The number of rotatable bonds is 7. The summed E-state index contributed by atoms with van der Waals surface area (Å²) < 4.78 is 31.2. The number of benzene rings is 1. The minimum Gasteiger partial charge on any atom is -0.444 e. The molecule has 0 saturated heterocycles. The minimum atomic E-state index is -3.51. The van der Waals surface area contributed by atoms with Crippen molar-refractivity contribution in [1.29, 1.82) is 0 Å². The smallest absolute Gasteiger partial charge is 0.407 e. The Morgan fingerprint density at radius 3 is 2.43 bits per heavy atom. The van der Waals surface area contributed by atoms with Crippen LogP contribution in [0.15, 0.2) is 29.2 Å². The van der Waals surface area contributed by atoms with Gasteiger partial charge in [-0.25, -0.2) is 17.9 Å². The topological polar surface area (TPSA) is 96.5 Å². The molecule has 0 bridgehead atoms. The standard InChI is InChI=1S/C15H25N3O4S/c1-15(2,3)22-14(19)18-11-7-10-17-12-8-5-6-9-13(12)23(20,21)16-4/h5-6,8-9,16-17H,7,10-11H2,1-4H3,(H,18,19). The molecule has 7 nitrogen and oxygen atoms in total. The Labute approximate surface area is 137 Å². The summed E-state index contributed by atoms with van der Waals surface area (Å²) in [6, 6.07) is 6.66. The van der Waals surface area contributed by atoms with Crippen molar-refractivity contribution in [3.63, 3.8) is 0 Å². The van der Waals surface area contributed by atoms with Gasteiger partial charge in [0, 0.05) is 13.1 Å². The number of anilines is 1. The van der Waals surface area contributed by atoms with Crippen molar-refractivity contribution in [2.24, 2.45) is 0 Å². The van der Waals surface area contributed by atoms with Crippen LogP contribution < -0.4 is 15.4 Å². The number of carbonyl (C=O) groups excluding carboxylic acids is 1. The number of nitrogens with one attached hydrogen (secondary N) is 3. The molecule has 0 aliphatic rings. The van der Waals surface area contributed by atoms with Crippen molar-refractivity contribution in [2.75, 3.05) is 25.5 Å². The highest BCUT2D eigenvalue weighted by atomic mass is 32.2. The highest BCUT2D eigenvalue weighted by Gasteiger charge is 2.16. The van der Waals surface area contributed by atoms with Gasteiger partial charge in [0.15, 0.2) is 0 Å².